The number of hydrogen-bond acceptors (Lipinski definition) is 6. The Kier molecular flexibility index (Phi) is 8.40. The fourth-order valence-corrected chi connectivity index (χ4v) is 5.68. The van der Waals surface area contributed by atoms with Crippen LogP contribution >= 0.6 is 11.8 Å². The molecule has 8 heteroatoms. The molecule has 1 fully saturated rings. The molecule has 1 aliphatic heterocycles. The van der Waals surface area contributed by atoms with Crippen molar-refractivity contribution in [3.63, 3.8) is 0 Å². The SMILES string of the molecule is CCOC(=O)c1ccc(-n2c(C)cc(/C=C3\SC(=Nc4ccccc4)N(Cc4ccc(OC)cc4)C3=O)c2C)cc1. The van der Waals surface area contributed by atoms with Gasteiger partial charge in [-0.2, -0.15) is 0 Å². The van der Waals surface area contributed by atoms with Crippen LogP contribution in [0.5, 0.6) is 5.75 Å². The molecule has 0 radical (unpaired) electrons. The number of amides is 1. The van der Waals surface area contributed by atoms with Gasteiger partial charge in [0.2, 0.25) is 0 Å². The Morgan fingerprint density at radius 1 is 0.976 bits per heavy atom. The first kappa shape index (κ1) is 28.0. The van der Waals surface area contributed by atoms with Crippen LogP contribution in [0.25, 0.3) is 11.8 Å². The molecule has 0 N–H and O–H groups in total. The molecular weight excluding hydrogens is 534 g/mol. The first-order valence-electron chi connectivity index (χ1n) is 13.3. The summed E-state index contributed by atoms with van der Waals surface area (Å²) in [6, 6.07) is 26.8. The number of rotatable bonds is 8. The van der Waals surface area contributed by atoms with Gasteiger partial charge in [-0.15, -0.1) is 0 Å². The van der Waals surface area contributed by atoms with E-state index in [0.717, 1.165) is 39.6 Å². The minimum atomic E-state index is -0.339. The number of aryl methyl sites for hydroxylation is 1. The third-order valence-corrected chi connectivity index (χ3v) is 7.77. The van der Waals surface area contributed by atoms with Crippen molar-refractivity contribution in [1.29, 1.82) is 0 Å². The van der Waals surface area contributed by atoms with E-state index in [1.807, 2.05) is 86.7 Å². The molecule has 1 saturated heterocycles. The lowest BCUT2D eigenvalue weighted by atomic mass is 10.2. The smallest absolute Gasteiger partial charge is 0.338 e. The van der Waals surface area contributed by atoms with Gasteiger partial charge in [0.15, 0.2) is 5.17 Å². The largest absolute Gasteiger partial charge is 0.497 e. The molecule has 1 aliphatic rings. The van der Waals surface area contributed by atoms with E-state index >= 15 is 0 Å². The fraction of sp³-hybridized carbons (Fsp3) is 0.182. The van der Waals surface area contributed by atoms with Gasteiger partial charge in [0.05, 0.1) is 36.4 Å². The average molecular weight is 566 g/mol. The summed E-state index contributed by atoms with van der Waals surface area (Å²) in [7, 11) is 1.63. The number of ether oxygens (including phenoxy) is 2. The van der Waals surface area contributed by atoms with Crippen molar-refractivity contribution in [3.8, 4) is 11.4 Å². The normalized spacial score (nSPS) is 15.1. The summed E-state index contributed by atoms with van der Waals surface area (Å²) in [6.07, 6.45) is 1.94. The summed E-state index contributed by atoms with van der Waals surface area (Å²) in [5.74, 6) is 0.332. The summed E-state index contributed by atoms with van der Waals surface area (Å²) in [5, 5.41) is 0.631. The Morgan fingerprint density at radius 3 is 2.34 bits per heavy atom. The lowest BCUT2D eigenvalue weighted by Crippen LogP contribution is -2.28. The van der Waals surface area contributed by atoms with Crippen LogP contribution in [-0.4, -0.2) is 40.2 Å². The number of hydrogen-bond donors (Lipinski definition) is 0. The molecule has 0 saturated carbocycles. The van der Waals surface area contributed by atoms with Crippen molar-refractivity contribution in [2.75, 3.05) is 13.7 Å². The highest BCUT2D eigenvalue weighted by molar-refractivity contribution is 8.18. The number of esters is 1. The van der Waals surface area contributed by atoms with Crippen molar-refractivity contribution in [2.24, 2.45) is 4.99 Å². The van der Waals surface area contributed by atoms with Crippen LogP contribution in [0, 0.1) is 13.8 Å². The van der Waals surface area contributed by atoms with Gasteiger partial charge in [0.25, 0.3) is 5.91 Å². The minimum absolute atomic E-state index is 0.0934. The number of benzene rings is 3. The highest BCUT2D eigenvalue weighted by Crippen LogP contribution is 2.36. The second kappa shape index (κ2) is 12.3. The Bertz CT molecular complexity index is 1620. The molecule has 4 aromatic rings. The number of carbonyl (C=O) groups excluding carboxylic acids is 2. The Hall–Kier alpha value is -4.56. The average Bonchev–Trinajstić information content (AvgIpc) is 3.43. The summed E-state index contributed by atoms with van der Waals surface area (Å²) in [4.78, 5) is 33.0. The van der Waals surface area contributed by atoms with Crippen molar-refractivity contribution in [2.45, 2.75) is 27.3 Å². The van der Waals surface area contributed by atoms with Gasteiger partial charge in [-0.05, 0) is 104 Å². The van der Waals surface area contributed by atoms with Crippen LogP contribution in [0.3, 0.4) is 0 Å². The van der Waals surface area contributed by atoms with Crippen molar-refractivity contribution in [1.82, 2.24) is 9.47 Å². The first-order chi connectivity index (χ1) is 19.9. The van der Waals surface area contributed by atoms with Crippen LogP contribution < -0.4 is 4.74 Å². The van der Waals surface area contributed by atoms with Crippen LogP contribution in [-0.2, 0) is 16.1 Å². The first-order valence-corrected chi connectivity index (χ1v) is 14.1. The summed E-state index contributed by atoms with van der Waals surface area (Å²) in [6.45, 7) is 6.56. The van der Waals surface area contributed by atoms with Gasteiger partial charge in [-0.25, -0.2) is 9.79 Å². The molecule has 0 bridgehead atoms. The van der Waals surface area contributed by atoms with E-state index in [1.165, 1.54) is 11.8 Å². The second-order valence-electron chi connectivity index (χ2n) is 9.51. The molecule has 5 rings (SSSR count). The predicted molar refractivity (Wildman–Crippen MR) is 164 cm³/mol. The Balaban J connectivity index is 1.46. The van der Waals surface area contributed by atoms with Crippen molar-refractivity contribution < 1.29 is 19.1 Å². The summed E-state index contributed by atoms with van der Waals surface area (Å²) >= 11 is 1.37. The summed E-state index contributed by atoms with van der Waals surface area (Å²) < 4.78 is 12.5. The molecule has 7 nitrogen and oxygen atoms in total. The van der Waals surface area contributed by atoms with E-state index in [1.54, 1.807) is 31.1 Å². The van der Waals surface area contributed by atoms with Crippen molar-refractivity contribution in [3.05, 3.63) is 118 Å². The van der Waals surface area contributed by atoms with Gasteiger partial charge in [-0.3, -0.25) is 9.69 Å². The second-order valence-corrected chi connectivity index (χ2v) is 10.5. The lowest BCUT2D eigenvalue weighted by molar-refractivity contribution is -0.122. The molecule has 0 aliphatic carbocycles. The third-order valence-electron chi connectivity index (χ3n) is 6.76. The van der Waals surface area contributed by atoms with Crippen LogP contribution in [0.1, 0.15) is 39.8 Å². The molecule has 2 heterocycles. The maximum Gasteiger partial charge on any atom is 0.338 e. The minimum Gasteiger partial charge on any atom is -0.497 e. The maximum absolute atomic E-state index is 13.7. The standard InChI is InChI=1S/C33H31N3O4S/c1-5-40-32(38)25-13-15-28(16-14-25)36-22(2)19-26(23(36)3)20-30-31(37)35(21-24-11-17-29(39-4)18-12-24)33(41-30)34-27-9-7-6-8-10-27/h6-20H,5,21H2,1-4H3/b30-20-,34-33?. The van der Waals surface area contributed by atoms with Gasteiger partial charge in [-0.1, -0.05) is 30.3 Å². The van der Waals surface area contributed by atoms with Gasteiger partial charge in [0, 0.05) is 17.1 Å². The highest BCUT2D eigenvalue weighted by atomic mass is 32.2. The topological polar surface area (TPSA) is 73.1 Å². The molecule has 0 spiro atoms. The molecule has 41 heavy (non-hydrogen) atoms. The van der Waals surface area contributed by atoms with E-state index in [4.69, 9.17) is 14.5 Å². The number of methoxy groups -OCH3 is 1. The zero-order valence-electron chi connectivity index (χ0n) is 23.5. The molecule has 1 amide bonds. The van der Waals surface area contributed by atoms with Crippen LogP contribution in [0.2, 0.25) is 0 Å². The number of amidine groups is 1. The number of thioether (sulfide) groups is 1. The van der Waals surface area contributed by atoms with E-state index in [-0.39, 0.29) is 11.9 Å². The van der Waals surface area contributed by atoms with E-state index in [0.29, 0.717) is 28.8 Å². The Labute approximate surface area is 244 Å². The zero-order chi connectivity index (χ0) is 28.9. The molecule has 208 valence electrons. The van der Waals surface area contributed by atoms with E-state index < -0.39 is 0 Å². The number of aromatic nitrogens is 1. The maximum atomic E-state index is 13.7. The van der Waals surface area contributed by atoms with Gasteiger partial charge in [0.1, 0.15) is 5.75 Å². The quantitative estimate of drug-likeness (QED) is 0.169. The van der Waals surface area contributed by atoms with E-state index in [2.05, 4.69) is 10.6 Å². The van der Waals surface area contributed by atoms with Crippen LogP contribution in [0.4, 0.5) is 5.69 Å². The number of aliphatic imine (C=N–C) groups is 1. The monoisotopic (exact) mass is 565 g/mol. The summed E-state index contributed by atoms with van der Waals surface area (Å²) in [5.41, 5.74) is 6.15. The van der Waals surface area contributed by atoms with E-state index in [9.17, 15) is 9.59 Å². The zero-order valence-corrected chi connectivity index (χ0v) is 24.3. The lowest BCUT2D eigenvalue weighted by Gasteiger charge is -2.16. The molecule has 1 aromatic heterocycles. The Morgan fingerprint density at radius 2 is 1.68 bits per heavy atom. The van der Waals surface area contributed by atoms with Gasteiger partial charge >= 0.3 is 5.97 Å². The number of para-hydroxylation sites is 1. The molecule has 3 aromatic carbocycles. The number of carbonyl (C=O) groups is 2. The predicted octanol–water partition coefficient (Wildman–Crippen LogP) is 7.08. The molecular formula is C33H31N3O4S. The molecule has 0 atom stereocenters. The fourth-order valence-electron chi connectivity index (χ4n) is 4.69. The van der Waals surface area contributed by atoms with Gasteiger partial charge < -0.3 is 14.0 Å². The highest BCUT2D eigenvalue weighted by Gasteiger charge is 2.34. The third kappa shape index (κ3) is 6.12. The van der Waals surface area contributed by atoms with Crippen molar-refractivity contribution >= 4 is 40.6 Å². The number of nitrogens with zero attached hydrogens (tertiary/aromatic N) is 3. The molecule has 0 unspecified atom stereocenters. The van der Waals surface area contributed by atoms with Crippen LogP contribution in [0.15, 0.2) is 94.8 Å².